The first-order chi connectivity index (χ1) is 15.4. The summed E-state index contributed by atoms with van der Waals surface area (Å²) in [7, 11) is -2.04. The molecule has 2 N–H and O–H groups in total. The predicted octanol–water partition coefficient (Wildman–Crippen LogP) is 3.36. The van der Waals surface area contributed by atoms with Gasteiger partial charge in [-0.3, -0.25) is 5.43 Å². The molecule has 170 valence electrons. The van der Waals surface area contributed by atoms with Crippen molar-refractivity contribution in [2.45, 2.75) is 4.90 Å². The first-order valence-electron chi connectivity index (χ1n) is 9.69. The quantitative estimate of drug-likeness (QED) is 0.346. The van der Waals surface area contributed by atoms with E-state index in [0.29, 0.717) is 37.0 Å². The molecule has 0 spiro atoms. The van der Waals surface area contributed by atoms with Crippen LogP contribution in [0.3, 0.4) is 0 Å². The summed E-state index contributed by atoms with van der Waals surface area (Å²) in [5, 5.41) is 7.39. The number of thiocarbonyl (C=S) groups is 1. The van der Waals surface area contributed by atoms with Crippen molar-refractivity contribution in [2.75, 3.05) is 38.7 Å². The van der Waals surface area contributed by atoms with Crippen LogP contribution in [0, 0.1) is 0 Å². The molecule has 11 heteroatoms. The van der Waals surface area contributed by atoms with E-state index < -0.39 is 10.0 Å². The monoisotopic (exact) mass is 494 g/mol. The van der Waals surface area contributed by atoms with Crippen molar-refractivity contribution in [3.05, 3.63) is 59.1 Å². The Balaban J connectivity index is 1.61. The van der Waals surface area contributed by atoms with Gasteiger partial charge < -0.3 is 14.8 Å². The third-order valence-corrected chi connectivity index (χ3v) is 6.95. The van der Waals surface area contributed by atoms with Crippen LogP contribution in [-0.2, 0) is 14.8 Å². The van der Waals surface area contributed by atoms with Crippen LogP contribution in [0.2, 0.25) is 5.02 Å². The number of nitrogens with zero attached hydrogens (tertiary/aromatic N) is 2. The lowest BCUT2D eigenvalue weighted by Crippen LogP contribution is -2.40. The molecular weight excluding hydrogens is 472 g/mol. The van der Waals surface area contributed by atoms with Crippen molar-refractivity contribution < 1.29 is 17.9 Å². The van der Waals surface area contributed by atoms with Crippen LogP contribution in [0.4, 0.5) is 5.69 Å². The smallest absolute Gasteiger partial charge is 0.243 e. The third-order valence-electron chi connectivity index (χ3n) is 4.54. The van der Waals surface area contributed by atoms with E-state index in [2.05, 4.69) is 15.8 Å². The van der Waals surface area contributed by atoms with Gasteiger partial charge in [-0.2, -0.15) is 9.41 Å². The summed E-state index contributed by atoms with van der Waals surface area (Å²) in [6.45, 7) is 1.36. The number of para-hydroxylation sites is 1. The van der Waals surface area contributed by atoms with Crippen molar-refractivity contribution >= 4 is 56.9 Å². The van der Waals surface area contributed by atoms with E-state index in [1.807, 2.05) is 30.3 Å². The van der Waals surface area contributed by atoms with E-state index in [1.165, 1.54) is 28.7 Å². The van der Waals surface area contributed by atoms with Gasteiger partial charge in [0.15, 0.2) is 5.11 Å². The van der Waals surface area contributed by atoms with Crippen LogP contribution in [0.15, 0.2) is 58.5 Å². The highest BCUT2D eigenvalue weighted by Crippen LogP contribution is 2.27. The Labute approximate surface area is 197 Å². The van der Waals surface area contributed by atoms with Crippen LogP contribution in [-0.4, -0.2) is 57.5 Å². The Morgan fingerprint density at radius 3 is 2.75 bits per heavy atom. The Morgan fingerprint density at radius 1 is 1.25 bits per heavy atom. The van der Waals surface area contributed by atoms with E-state index >= 15 is 0 Å². The van der Waals surface area contributed by atoms with E-state index in [0.717, 1.165) is 11.3 Å². The first-order valence-corrected chi connectivity index (χ1v) is 11.9. The Morgan fingerprint density at radius 2 is 2.00 bits per heavy atom. The van der Waals surface area contributed by atoms with Crippen LogP contribution < -0.4 is 15.5 Å². The van der Waals surface area contributed by atoms with Gasteiger partial charge in [-0.15, -0.1) is 0 Å². The van der Waals surface area contributed by atoms with Gasteiger partial charge in [-0.1, -0.05) is 29.8 Å². The number of halogens is 1. The molecule has 3 rings (SSSR count). The normalized spacial score (nSPS) is 15.2. The molecule has 0 saturated carbocycles. The van der Waals surface area contributed by atoms with Crippen molar-refractivity contribution in [2.24, 2.45) is 5.10 Å². The Bertz CT molecular complexity index is 1120. The maximum Gasteiger partial charge on any atom is 0.243 e. The minimum Gasteiger partial charge on any atom is -0.496 e. The second kappa shape index (κ2) is 11.4. The lowest BCUT2D eigenvalue weighted by Gasteiger charge is -2.26. The van der Waals surface area contributed by atoms with E-state index in [9.17, 15) is 8.42 Å². The van der Waals surface area contributed by atoms with E-state index in [4.69, 9.17) is 33.3 Å². The van der Waals surface area contributed by atoms with Crippen molar-refractivity contribution in [3.8, 4) is 5.75 Å². The topological polar surface area (TPSA) is 92.3 Å². The summed E-state index contributed by atoms with van der Waals surface area (Å²) in [6, 6.07) is 12.0. The van der Waals surface area contributed by atoms with E-state index in [1.54, 1.807) is 13.2 Å². The number of hydrazone groups is 1. The summed E-state index contributed by atoms with van der Waals surface area (Å²) in [5.74, 6) is 0.754. The lowest BCUT2D eigenvalue weighted by molar-refractivity contribution is 0.0730. The number of allylic oxidation sites excluding steroid dienone is 1. The maximum atomic E-state index is 12.9. The fourth-order valence-corrected chi connectivity index (χ4v) is 4.70. The number of sulfonamides is 1. The number of anilines is 1. The molecule has 32 heavy (non-hydrogen) atoms. The van der Waals surface area contributed by atoms with Gasteiger partial charge in [0.25, 0.3) is 0 Å². The molecule has 0 radical (unpaired) electrons. The molecular formula is C21H23ClN4O4S2. The summed E-state index contributed by atoms with van der Waals surface area (Å²) < 4.78 is 37.6. The van der Waals surface area contributed by atoms with Gasteiger partial charge in [-0.05, 0) is 48.6 Å². The van der Waals surface area contributed by atoms with Gasteiger partial charge in [-0.25, -0.2) is 8.42 Å². The second-order valence-electron chi connectivity index (χ2n) is 6.60. The summed E-state index contributed by atoms with van der Waals surface area (Å²) in [4.78, 5) is 0.123. The average molecular weight is 495 g/mol. The van der Waals surface area contributed by atoms with Crippen LogP contribution in [0.25, 0.3) is 6.08 Å². The van der Waals surface area contributed by atoms with Gasteiger partial charge >= 0.3 is 0 Å². The van der Waals surface area contributed by atoms with Gasteiger partial charge in [0.05, 0.1) is 35.9 Å². The number of hydrogen-bond donors (Lipinski definition) is 2. The zero-order chi connectivity index (χ0) is 23.0. The van der Waals surface area contributed by atoms with Crippen molar-refractivity contribution in [1.82, 2.24) is 9.73 Å². The zero-order valence-electron chi connectivity index (χ0n) is 17.3. The van der Waals surface area contributed by atoms with Gasteiger partial charge in [0.2, 0.25) is 10.0 Å². The third kappa shape index (κ3) is 6.27. The molecule has 2 aromatic rings. The zero-order valence-corrected chi connectivity index (χ0v) is 19.7. The summed E-state index contributed by atoms with van der Waals surface area (Å²) in [5.41, 5.74) is 3.94. The number of morpholine rings is 1. The highest BCUT2D eigenvalue weighted by Gasteiger charge is 2.26. The number of ether oxygens (including phenoxy) is 2. The van der Waals surface area contributed by atoms with E-state index in [-0.39, 0.29) is 10.0 Å². The van der Waals surface area contributed by atoms with Crippen LogP contribution in [0.1, 0.15) is 5.56 Å². The molecule has 1 heterocycles. The molecule has 0 aliphatic carbocycles. The van der Waals surface area contributed by atoms with Gasteiger partial charge in [0.1, 0.15) is 5.75 Å². The molecule has 0 aromatic heterocycles. The molecule has 1 aliphatic heterocycles. The number of nitrogens with one attached hydrogen (secondary N) is 2. The average Bonchev–Trinajstić information content (AvgIpc) is 2.81. The number of rotatable bonds is 7. The number of hydrogen-bond acceptors (Lipinski definition) is 6. The predicted molar refractivity (Wildman–Crippen MR) is 131 cm³/mol. The lowest BCUT2D eigenvalue weighted by atomic mass is 10.2. The largest absolute Gasteiger partial charge is 0.496 e. The molecule has 8 nitrogen and oxygen atoms in total. The molecule has 0 bridgehead atoms. The standard InChI is InChI=1S/C21H23ClN4O4S2/c1-29-20-7-3-2-5-16(20)6-4-10-23-25-21(31)24-19-15-17(8-9-18(19)22)32(27,28)26-11-13-30-14-12-26/h2-10,15H,11-14H2,1H3,(H2,24,25,31). The van der Waals surface area contributed by atoms with Crippen LogP contribution >= 0.6 is 23.8 Å². The maximum absolute atomic E-state index is 12.9. The minimum absolute atomic E-state index is 0.123. The molecule has 1 fully saturated rings. The fraction of sp³-hybridized carbons (Fsp3) is 0.238. The Kier molecular flexibility index (Phi) is 8.60. The SMILES string of the molecule is COc1ccccc1C=CC=NNC(=S)Nc1cc(S(=O)(=O)N2CCOCC2)ccc1Cl. The molecule has 1 saturated heterocycles. The second-order valence-corrected chi connectivity index (χ2v) is 9.36. The van der Waals surface area contributed by atoms with Crippen molar-refractivity contribution in [1.29, 1.82) is 0 Å². The highest BCUT2D eigenvalue weighted by molar-refractivity contribution is 7.89. The highest BCUT2D eigenvalue weighted by atomic mass is 35.5. The summed E-state index contributed by atoms with van der Waals surface area (Å²) >= 11 is 11.4. The number of benzene rings is 2. The first kappa shape index (κ1) is 24.1. The van der Waals surface area contributed by atoms with Crippen molar-refractivity contribution in [3.63, 3.8) is 0 Å². The van der Waals surface area contributed by atoms with Gasteiger partial charge in [0, 0.05) is 24.9 Å². The number of methoxy groups -OCH3 is 1. The summed E-state index contributed by atoms with van der Waals surface area (Å²) in [6.07, 6.45) is 5.11. The molecule has 0 amide bonds. The molecule has 0 unspecified atom stereocenters. The Hall–Kier alpha value is -2.50. The molecule has 1 aliphatic rings. The fourth-order valence-electron chi connectivity index (χ4n) is 2.94. The van der Waals surface area contributed by atoms with Crippen LogP contribution in [0.5, 0.6) is 5.75 Å². The molecule has 2 aromatic carbocycles. The molecule has 0 atom stereocenters. The minimum atomic E-state index is -3.65.